The first-order valence-corrected chi connectivity index (χ1v) is 10.2. The number of amides is 1. The summed E-state index contributed by atoms with van der Waals surface area (Å²) in [4.78, 5) is 28.5. The van der Waals surface area contributed by atoms with Crippen LogP contribution in [0.25, 0.3) is 16.9 Å². The van der Waals surface area contributed by atoms with Gasteiger partial charge in [-0.2, -0.15) is 15.1 Å². The lowest BCUT2D eigenvalue weighted by molar-refractivity contribution is 0.102. The van der Waals surface area contributed by atoms with Crippen LogP contribution in [0.5, 0.6) is 5.75 Å². The quantitative estimate of drug-likeness (QED) is 0.402. The van der Waals surface area contributed by atoms with E-state index < -0.39 is 11.9 Å². The van der Waals surface area contributed by atoms with Crippen molar-refractivity contribution in [3.8, 4) is 17.0 Å². The lowest BCUT2D eigenvalue weighted by Crippen LogP contribution is -2.16. The molecule has 32 heavy (non-hydrogen) atoms. The Balaban J connectivity index is 1.78. The Morgan fingerprint density at radius 3 is 2.91 bits per heavy atom. The molecule has 0 aliphatic rings. The molecular weight excluding hydrogens is 434 g/mol. The molecule has 0 fully saturated rings. The fourth-order valence-corrected chi connectivity index (χ4v) is 3.55. The van der Waals surface area contributed by atoms with Gasteiger partial charge < -0.3 is 10.1 Å². The Bertz CT molecular complexity index is 1280. The SMILES string of the molecule is CCC(Cn1ncc(NC(=O)c2cnn3cccnc23)c1-c1cc(Cl)ccc1OC)N=O. The minimum atomic E-state index is -0.480. The minimum Gasteiger partial charge on any atom is -0.496 e. The number of benzene rings is 1. The molecule has 164 valence electrons. The van der Waals surface area contributed by atoms with Gasteiger partial charge in [-0.3, -0.25) is 9.48 Å². The van der Waals surface area contributed by atoms with E-state index in [-0.39, 0.29) is 6.54 Å². The van der Waals surface area contributed by atoms with Crippen molar-refractivity contribution >= 4 is 28.8 Å². The molecule has 1 aromatic carbocycles. The summed E-state index contributed by atoms with van der Waals surface area (Å²) in [6, 6.07) is 6.39. The van der Waals surface area contributed by atoms with Crippen molar-refractivity contribution in [1.82, 2.24) is 24.4 Å². The summed E-state index contributed by atoms with van der Waals surface area (Å²) in [5.41, 5.74) is 2.32. The van der Waals surface area contributed by atoms with Crippen molar-refractivity contribution in [2.75, 3.05) is 12.4 Å². The van der Waals surface area contributed by atoms with Crippen molar-refractivity contribution in [2.45, 2.75) is 25.9 Å². The van der Waals surface area contributed by atoms with Gasteiger partial charge in [0.2, 0.25) is 0 Å². The van der Waals surface area contributed by atoms with E-state index in [2.05, 4.69) is 25.7 Å². The molecule has 10 nitrogen and oxygen atoms in total. The summed E-state index contributed by atoms with van der Waals surface area (Å²) >= 11 is 6.25. The van der Waals surface area contributed by atoms with Gasteiger partial charge in [-0.1, -0.05) is 23.7 Å². The molecule has 1 N–H and O–H groups in total. The number of methoxy groups -OCH3 is 1. The molecule has 3 heterocycles. The van der Waals surface area contributed by atoms with Crippen molar-refractivity contribution in [3.63, 3.8) is 0 Å². The van der Waals surface area contributed by atoms with Crippen LogP contribution in [-0.4, -0.2) is 43.4 Å². The van der Waals surface area contributed by atoms with Crippen LogP contribution in [-0.2, 0) is 6.54 Å². The number of hydrogen-bond acceptors (Lipinski definition) is 7. The Morgan fingerprint density at radius 1 is 1.31 bits per heavy atom. The van der Waals surface area contributed by atoms with E-state index in [9.17, 15) is 9.70 Å². The van der Waals surface area contributed by atoms with Gasteiger partial charge in [0.05, 0.1) is 37.4 Å². The zero-order valence-corrected chi connectivity index (χ0v) is 18.2. The third-order valence-corrected chi connectivity index (χ3v) is 5.27. The molecule has 0 radical (unpaired) electrons. The lowest BCUT2D eigenvalue weighted by atomic mass is 10.1. The van der Waals surface area contributed by atoms with Crippen LogP contribution >= 0.6 is 11.6 Å². The van der Waals surface area contributed by atoms with Crippen molar-refractivity contribution in [2.24, 2.45) is 5.18 Å². The van der Waals surface area contributed by atoms with E-state index >= 15 is 0 Å². The molecule has 1 unspecified atom stereocenters. The first-order valence-electron chi connectivity index (χ1n) is 9.87. The normalized spacial score (nSPS) is 12.0. The first-order chi connectivity index (χ1) is 15.5. The fourth-order valence-electron chi connectivity index (χ4n) is 3.38. The number of nitrogens with one attached hydrogen (secondary N) is 1. The molecule has 11 heteroatoms. The van der Waals surface area contributed by atoms with Gasteiger partial charge in [-0.25, -0.2) is 9.50 Å². The molecule has 4 aromatic rings. The van der Waals surface area contributed by atoms with Crippen molar-refractivity contribution in [3.05, 3.63) is 64.5 Å². The zero-order valence-electron chi connectivity index (χ0n) is 17.4. The van der Waals surface area contributed by atoms with Gasteiger partial charge in [-0.05, 0) is 30.7 Å². The summed E-state index contributed by atoms with van der Waals surface area (Å²) in [5, 5.41) is 15.1. The number of rotatable bonds is 8. The monoisotopic (exact) mass is 453 g/mol. The Morgan fingerprint density at radius 2 is 2.16 bits per heavy atom. The average Bonchev–Trinajstić information content (AvgIpc) is 3.41. The summed E-state index contributed by atoms with van der Waals surface area (Å²) in [6.45, 7) is 2.11. The highest BCUT2D eigenvalue weighted by molar-refractivity contribution is 6.31. The van der Waals surface area contributed by atoms with Crippen LogP contribution in [0.4, 0.5) is 5.69 Å². The van der Waals surface area contributed by atoms with E-state index in [1.807, 2.05) is 6.92 Å². The van der Waals surface area contributed by atoms with Gasteiger partial charge in [0.15, 0.2) is 5.65 Å². The summed E-state index contributed by atoms with van der Waals surface area (Å²) < 4.78 is 8.64. The highest BCUT2D eigenvalue weighted by Gasteiger charge is 2.23. The summed E-state index contributed by atoms with van der Waals surface area (Å²) in [5.74, 6) is 0.137. The highest BCUT2D eigenvalue weighted by Crippen LogP contribution is 2.37. The van der Waals surface area contributed by atoms with Crippen LogP contribution in [0.1, 0.15) is 23.7 Å². The van der Waals surface area contributed by atoms with Gasteiger partial charge in [0.1, 0.15) is 17.4 Å². The molecular formula is C21H20ClN7O3. The maximum atomic E-state index is 13.1. The topological polar surface area (TPSA) is 116 Å². The lowest BCUT2D eigenvalue weighted by Gasteiger charge is -2.15. The van der Waals surface area contributed by atoms with Gasteiger partial charge in [0, 0.05) is 23.0 Å². The van der Waals surface area contributed by atoms with Gasteiger partial charge in [0.25, 0.3) is 5.91 Å². The fraction of sp³-hybridized carbons (Fsp3) is 0.238. The average molecular weight is 454 g/mol. The van der Waals surface area contributed by atoms with Gasteiger partial charge >= 0.3 is 0 Å². The smallest absolute Gasteiger partial charge is 0.261 e. The molecule has 0 aliphatic carbocycles. The third-order valence-electron chi connectivity index (χ3n) is 5.03. The zero-order chi connectivity index (χ0) is 22.7. The molecule has 3 aromatic heterocycles. The van der Waals surface area contributed by atoms with Crippen LogP contribution in [0.3, 0.4) is 0 Å². The van der Waals surface area contributed by atoms with Crippen LogP contribution in [0.15, 0.2) is 54.2 Å². The van der Waals surface area contributed by atoms with Crippen LogP contribution in [0, 0.1) is 4.91 Å². The molecule has 0 saturated carbocycles. The maximum Gasteiger partial charge on any atom is 0.261 e. The maximum absolute atomic E-state index is 13.1. The third kappa shape index (κ3) is 4.04. The Kier molecular flexibility index (Phi) is 6.13. The molecule has 4 rings (SSSR count). The molecule has 0 bridgehead atoms. The van der Waals surface area contributed by atoms with Crippen molar-refractivity contribution in [1.29, 1.82) is 0 Å². The van der Waals surface area contributed by atoms with Crippen LogP contribution < -0.4 is 10.1 Å². The van der Waals surface area contributed by atoms with E-state index in [4.69, 9.17) is 16.3 Å². The number of ether oxygens (including phenoxy) is 1. The van der Waals surface area contributed by atoms with Crippen LogP contribution in [0.2, 0.25) is 5.02 Å². The first kappa shape index (κ1) is 21.4. The second-order valence-corrected chi connectivity index (χ2v) is 7.44. The molecule has 0 saturated heterocycles. The second kappa shape index (κ2) is 9.15. The largest absolute Gasteiger partial charge is 0.496 e. The predicted octanol–water partition coefficient (Wildman–Crippen LogP) is 4.05. The Hall–Kier alpha value is -3.79. The number of fused-ring (bicyclic) bond motifs is 1. The molecule has 0 aliphatic heterocycles. The van der Waals surface area contributed by atoms with E-state index in [0.717, 1.165) is 0 Å². The minimum absolute atomic E-state index is 0.235. The van der Waals surface area contributed by atoms with E-state index in [1.54, 1.807) is 41.3 Å². The molecule has 0 spiro atoms. The number of nitroso groups, excluding NO2 is 1. The summed E-state index contributed by atoms with van der Waals surface area (Å²) in [7, 11) is 1.54. The number of halogens is 1. The number of hydrogen-bond donors (Lipinski definition) is 1. The second-order valence-electron chi connectivity index (χ2n) is 7.00. The Labute approximate surface area is 188 Å². The van der Waals surface area contributed by atoms with E-state index in [1.165, 1.54) is 24.0 Å². The summed E-state index contributed by atoms with van der Waals surface area (Å²) in [6.07, 6.45) is 6.81. The van der Waals surface area contributed by atoms with Gasteiger partial charge in [-0.15, -0.1) is 0 Å². The number of anilines is 1. The number of aromatic nitrogens is 5. The van der Waals surface area contributed by atoms with Crippen molar-refractivity contribution < 1.29 is 9.53 Å². The number of carbonyl (C=O) groups is 1. The molecule has 1 atom stereocenters. The predicted molar refractivity (Wildman–Crippen MR) is 120 cm³/mol. The standard InChI is InChI=1S/C21H20ClN7O3/c1-3-14(27-31)12-29-19(15-9-13(22)5-6-18(15)32-2)17(11-25-29)26-21(30)16-10-24-28-8-4-7-23-20(16)28/h4-11,14H,3,12H2,1-2H3,(H,26,30). The molecule has 1 amide bonds. The number of nitrogens with zero attached hydrogens (tertiary/aromatic N) is 6. The number of carbonyl (C=O) groups excluding carboxylic acids is 1. The highest BCUT2D eigenvalue weighted by atomic mass is 35.5. The van der Waals surface area contributed by atoms with E-state index in [0.29, 0.717) is 45.3 Å².